The summed E-state index contributed by atoms with van der Waals surface area (Å²) in [5.74, 6) is -2.63. The van der Waals surface area contributed by atoms with Crippen molar-refractivity contribution in [2.45, 2.75) is 36.9 Å². The lowest BCUT2D eigenvalue weighted by molar-refractivity contribution is -0.139. The van der Waals surface area contributed by atoms with Gasteiger partial charge in [-0.05, 0) is 102 Å². The van der Waals surface area contributed by atoms with E-state index in [1.807, 2.05) is 6.07 Å². The van der Waals surface area contributed by atoms with Gasteiger partial charge < -0.3 is 40.2 Å². The minimum atomic E-state index is -1.26. The third kappa shape index (κ3) is 10.5. The first kappa shape index (κ1) is 46.7. The van der Waals surface area contributed by atoms with E-state index in [4.69, 9.17) is 37.4 Å². The van der Waals surface area contributed by atoms with E-state index in [9.17, 15) is 29.7 Å². The number of methoxy groups -OCH3 is 1. The van der Waals surface area contributed by atoms with E-state index in [2.05, 4.69) is 20.6 Å². The zero-order valence-corrected chi connectivity index (χ0v) is 37.9. The first-order chi connectivity index (χ1) is 33.0. The molecule has 13 nitrogen and oxygen atoms in total. The molecule has 344 valence electrons. The van der Waals surface area contributed by atoms with E-state index < -0.39 is 41.9 Å². The number of halogens is 2. The maximum atomic E-state index is 14.7. The summed E-state index contributed by atoms with van der Waals surface area (Å²) in [7, 11) is 1.51. The molecule has 15 heteroatoms. The summed E-state index contributed by atoms with van der Waals surface area (Å²) >= 11 is 13.5. The fraction of sp³-hybridized carbons (Fsp3) is 0.151. The van der Waals surface area contributed by atoms with Crippen LogP contribution in [0.15, 0.2) is 158 Å². The van der Waals surface area contributed by atoms with Gasteiger partial charge in [0, 0.05) is 34.3 Å². The first-order valence-corrected chi connectivity index (χ1v) is 22.2. The number of aromatic nitrogens is 2. The van der Waals surface area contributed by atoms with Gasteiger partial charge in [-0.15, -0.1) is 0 Å². The van der Waals surface area contributed by atoms with Crippen LogP contribution in [0.25, 0.3) is 21.8 Å². The number of phenolic OH excluding ortho intramolecular Hbond substituents is 2. The van der Waals surface area contributed by atoms with Gasteiger partial charge in [-0.25, -0.2) is 0 Å². The second kappa shape index (κ2) is 21.2. The SMILES string of the molecule is COc1cccc(C(NC(=O)C(CCC(C(=O)O)c2cccc(C(NC(=O)COc3ccccc3)c3cc(Cl)c4cccnc4c3O)c2)Oc2ccccc2)c2cc(Cl)c3cccnc3c2O)c1. The molecule has 5 N–H and O–H groups in total. The molecule has 0 spiro atoms. The Morgan fingerprint density at radius 2 is 1.13 bits per heavy atom. The summed E-state index contributed by atoms with van der Waals surface area (Å²) < 4.78 is 17.6. The Hall–Kier alpha value is -7.87. The number of aliphatic carboxylic acids is 1. The topological polar surface area (TPSA) is 189 Å². The third-order valence-corrected chi connectivity index (χ3v) is 12.0. The average Bonchev–Trinajstić information content (AvgIpc) is 3.37. The molecule has 8 rings (SSSR count). The summed E-state index contributed by atoms with van der Waals surface area (Å²) in [6, 6.07) is 38.9. The van der Waals surface area contributed by atoms with Gasteiger partial charge >= 0.3 is 5.97 Å². The number of carbonyl (C=O) groups excluding carboxylic acids is 2. The second-order valence-corrected chi connectivity index (χ2v) is 16.6. The summed E-state index contributed by atoms with van der Waals surface area (Å²) in [5.41, 5.74) is 2.22. The number of rotatable bonds is 18. The first-order valence-electron chi connectivity index (χ1n) is 21.5. The van der Waals surface area contributed by atoms with Crippen LogP contribution in [0, 0.1) is 0 Å². The van der Waals surface area contributed by atoms with Crippen molar-refractivity contribution in [1.29, 1.82) is 0 Å². The summed E-state index contributed by atoms with van der Waals surface area (Å²) in [5, 5.41) is 41.7. The normalized spacial score (nSPS) is 12.9. The van der Waals surface area contributed by atoms with Crippen LogP contribution in [0.4, 0.5) is 0 Å². The number of fused-ring (bicyclic) bond motifs is 2. The van der Waals surface area contributed by atoms with E-state index in [0.717, 1.165) is 0 Å². The minimum absolute atomic E-state index is 0.0938. The number of amides is 2. The fourth-order valence-electron chi connectivity index (χ4n) is 8.07. The number of para-hydroxylation sites is 2. The molecule has 2 amide bonds. The molecule has 2 heterocycles. The predicted molar refractivity (Wildman–Crippen MR) is 259 cm³/mol. The van der Waals surface area contributed by atoms with Crippen LogP contribution in [0.5, 0.6) is 28.7 Å². The minimum Gasteiger partial charge on any atom is -0.505 e. The van der Waals surface area contributed by atoms with Crippen LogP contribution in [-0.2, 0) is 14.4 Å². The molecule has 0 radical (unpaired) electrons. The van der Waals surface area contributed by atoms with Crippen molar-refractivity contribution in [3.05, 3.63) is 196 Å². The van der Waals surface area contributed by atoms with E-state index >= 15 is 0 Å². The van der Waals surface area contributed by atoms with Crippen molar-refractivity contribution < 1.29 is 43.9 Å². The Balaban J connectivity index is 1.12. The molecule has 0 aliphatic heterocycles. The van der Waals surface area contributed by atoms with Crippen LogP contribution >= 0.6 is 23.2 Å². The Bertz CT molecular complexity index is 3110. The van der Waals surface area contributed by atoms with Gasteiger partial charge in [-0.1, -0.05) is 96.0 Å². The van der Waals surface area contributed by atoms with Gasteiger partial charge in [0.05, 0.1) is 35.2 Å². The van der Waals surface area contributed by atoms with Gasteiger partial charge in [0.25, 0.3) is 11.8 Å². The lowest BCUT2D eigenvalue weighted by Gasteiger charge is -2.26. The lowest BCUT2D eigenvalue weighted by Crippen LogP contribution is -2.41. The smallest absolute Gasteiger partial charge is 0.310 e. The summed E-state index contributed by atoms with van der Waals surface area (Å²) in [6.07, 6.45) is 1.59. The molecule has 0 aliphatic carbocycles. The predicted octanol–water partition coefficient (Wildman–Crippen LogP) is 10.1. The Labute approximate surface area is 400 Å². The molecule has 0 fully saturated rings. The molecule has 68 heavy (non-hydrogen) atoms. The molecular weight excluding hydrogens is 908 g/mol. The zero-order chi connectivity index (χ0) is 47.7. The van der Waals surface area contributed by atoms with Gasteiger partial charge in [-0.2, -0.15) is 0 Å². The molecule has 2 aromatic heterocycles. The van der Waals surface area contributed by atoms with Crippen molar-refractivity contribution in [3.63, 3.8) is 0 Å². The fourth-order valence-corrected chi connectivity index (χ4v) is 8.61. The van der Waals surface area contributed by atoms with E-state index in [1.54, 1.807) is 133 Å². The molecule has 4 atom stereocenters. The molecule has 0 saturated carbocycles. The van der Waals surface area contributed by atoms with Crippen LogP contribution in [0.2, 0.25) is 10.0 Å². The van der Waals surface area contributed by atoms with Crippen LogP contribution in [0.1, 0.15) is 58.7 Å². The van der Waals surface area contributed by atoms with Gasteiger partial charge in [0.1, 0.15) is 39.8 Å². The Morgan fingerprint density at radius 3 is 1.72 bits per heavy atom. The molecular formula is C53H44Cl2N4O9. The standard InChI is InChI=1S/C53H44Cl2N4O9/c1-66-36-19-9-14-33(27-36)47(41-29-43(55)39-21-11-25-57-49(39)51(41)62)59-52(63)44(68-35-17-6-3-7-18-35)23-22-37(53(64)65)31-12-8-13-32(26-31)46(58-45(60)30-67-34-15-4-2-5-16-34)40-28-42(54)38-20-10-24-56-48(38)50(40)61/h2-21,24-29,37,44,46-47,61-62H,22-23,30H2,1H3,(H,58,60)(H,59,63)(H,64,65). The number of pyridine rings is 2. The van der Waals surface area contributed by atoms with Crippen LogP contribution in [0.3, 0.4) is 0 Å². The maximum Gasteiger partial charge on any atom is 0.310 e. The number of carboxylic acid groups (broad SMARTS) is 1. The molecule has 8 aromatic rings. The van der Waals surface area contributed by atoms with Gasteiger partial charge in [0.15, 0.2) is 12.7 Å². The van der Waals surface area contributed by atoms with Crippen molar-refractivity contribution in [2.24, 2.45) is 0 Å². The number of aromatic hydroxyl groups is 2. The maximum absolute atomic E-state index is 14.7. The summed E-state index contributed by atoms with van der Waals surface area (Å²) in [6.45, 7) is -0.369. The van der Waals surface area contributed by atoms with Gasteiger partial charge in [0.2, 0.25) is 0 Å². The quantitative estimate of drug-likeness (QED) is 0.0551. The highest BCUT2D eigenvalue weighted by Gasteiger charge is 2.32. The van der Waals surface area contributed by atoms with E-state index in [-0.39, 0.29) is 58.1 Å². The Morgan fingerprint density at radius 1 is 0.603 bits per heavy atom. The van der Waals surface area contributed by atoms with Crippen LogP contribution < -0.4 is 24.8 Å². The molecule has 6 aromatic carbocycles. The van der Waals surface area contributed by atoms with Crippen molar-refractivity contribution in [2.75, 3.05) is 13.7 Å². The lowest BCUT2D eigenvalue weighted by atomic mass is 9.88. The molecule has 0 bridgehead atoms. The highest BCUT2D eigenvalue weighted by molar-refractivity contribution is 6.36. The number of ether oxygens (including phenoxy) is 3. The molecule has 4 unspecified atom stereocenters. The number of hydrogen-bond acceptors (Lipinski definition) is 10. The zero-order valence-electron chi connectivity index (χ0n) is 36.4. The second-order valence-electron chi connectivity index (χ2n) is 15.8. The van der Waals surface area contributed by atoms with Crippen molar-refractivity contribution in [1.82, 2.24) is 20.6 Å². The van der Waals surface area contributed by atoms with Crippen LogP contribution in [-0.4, -0.2) is 62.9 Å². The van der Waals surface area contributed by atoms with Gasteiger partial charge in [-0.3, -0.25) is 24.4 Å². The molecule has 0 saturated heterocycles. The Kier molecular flexibility index (Phi) is 14.5. The number of nitrogens with zero attached hydrogens (tertiary/aromatic N) is 2. The summed E-state index contributed by atoms with van der Waals surface area (Å²) in [4.78, 5) is 50.3. The largest absolute Gasteiger partial charge is 0.505 e. The number of carbonyl (C=O) groups is 3. The average molecular weight is 952 g/mol. The number of carboxylic acids is 1. The number of phenols is 2. The monoisotopic (exact) mass is 950 g/mol. The highest BCUT2D eigenvalue weighted by Crippen LogP contribution is 2.41. The molecule has 0 aliphatic rings. The van der Waals surface area contributed by atoms with Crippen molar-refractivity contribution >= 4 is 62.8 Å². The van der Waals surface area contributed by atoms with E-state index in [0.29, 0.717) is 49.7 Å². The number of benzene rings is 6. The van der Waals surface area contributed by atoms with E-state index in [1.165, 1.54) is 25.6 Å². The van der Waals surface area contributed by atoms with Crippen molar-refractivity contribution in [3.8, 4) is 28.7 Å². The number of hydrogen-bond donors (Lipinski definition) is 5. The highest BCUT2D eigenvalue weighted by atomic mass is 35.5. The third-order valence-electron chi connectivity index (χ3n) is 11.4. The number of nitrogens with one attached hydrogen (secondary N) is 2.